The minimum atomic E-state index is -1.06. The SMILES string of the molecule is CC1(C)[C@H]2CC[C@]1(c1cncc(C(=O)NCC3(O)COC3)n1)c1nnc(-c3c(F)cccc3F)cc12. The van der Waals surface area contributed by atoms with Crippen LogP contribution in [-0.2, 0) is 10.2 Å². The van der Waals surface area contributed by atoms with Crippen molar-refractivity contribution in [2.75, 3.05) is 19.8 Å². The van der Waals surface area contributed by atoms with Gasteiger partial charge in [-0.2, -0.15) is 5.10 Å². The third-order valence-electron chi connectivity index (χ3n) is 8.22. The van der Waals surface area contributed by atoms with E-state index >= 15 is 0 Å². The number of aliphatic hydroxyl groups is 1. The summed E-state index contributed by atoms with van der Waals surface area (Å²) in [5, 5.41) is 21.6. The maximum Gasteiger partial charge on any atom is 0.271 e. The lowest BCUT2D eigenvalue weighted by Gasteiger charge is -2.37. The van der Waals surface area contributed by atoms with E-state index in [1.807, 2.05) is 0 Å². The molecule has 3 heterocycles. The van der Waals surface area contributed by atoms with Crippen LogP contribution in [0.15, 0.2) is 36.7 Å². The molecule has 36 heavy (non-hydrogen) atoms. The van der Waals surface area contributed by atoms with Crippen molar-refractivity contribution in [3.63, 3.8) is 0 Å². The van der Waals surface area contributed by atoms with Gasteiger partial charge in [-0.1, -0.05) is 19.9 Å². The summed E-state index contributed by atoms with van der Waals surface area (Å²) in [6.45, 7) is 4.64. The second-order valence-corrected chi connectivity index (χ2v) is 10.5. The number of hydrogen-bond acceptors (Lipinski definition) is 7. The van der Waals surface area contributed by atoms with Crippen LogP contribution in [0.4, 0.5) is 8.78 Å². The lowest BCUT2D eigenvalue weighted by Crippen LogP contribution is -2.57. The highest BCUT2D eigenvalue weighted by Gasteiger charge is 2.65. The van der Waals surface area contributed by atoms with Crippen molar-refractivity contribution in [1.29, 1.82) is 0 Å². The van der Waals surface area contributed by atoms with Gasteiger partial charge in [-0.3, -0.25) is 9.78 Å². The molecule has 0 radical (unpaired) electrons. The molecular weight excluding hydrogens is 468 g/mol. The Hall–Kier alpha value is -3.37. The van der Waals surface area contributed by atoms with Gasteiger partial charge in [0.05, 0.1) is 54.0 Å². The molecule has 2 aromatic heterocycles. The van der Waals surface area contributed by atoms with E-state index < -0.39 is 28.6 Å². The van der Waals surface area contributed by atoms with Gasteiger partial charge in [0.2, 0.25) is 0 Å². The monoisotopic (exact) mass is 493 g/mol. The van der Waals surface area contributed by atoms with E-state index in [0.29, 0.717) is 11.4 Å². The molecule has 1 aromatic carbocycles. The van der Waals surface area contributed by atoms with Crippen molar-refractivity contribution in [3.8, 4) is 11.3 Å². The van der Waals surface area contributed by atoms with Crippen LogP contribution in [0.5, 0.6) is 0 Å². The molecule has 2 fully saturated rings. The maximum absolute atomic E-state index is 14.5. The van der Waals surface area contributed by atoms with Crippen molar-refractivity contribution in [3.05, 3.63) is 70.9 Å². The molecule has 3 aliphatic rings. The number of rotatable bonds is 5. The normalized spacial score (nSPS) is 24.8. The molecule has 2 N–H and O–H groups in total. The summed E-state index contributed by atoms with van der Waals surface area (Å²) in [6, 6.07) is 5.46. The number of nitrogens with zero attached hydrogens (tertiary/aromatic N) is 4. The first-order valence-electron chi connectivity index (χ1n) is 11.9. The zero-order chi connectivity index (χ0) is 25.3. The average molecular weight is 494 g/mol. The molecular formula is C26H25F2N5O3. The molecule has 2 atom stereocenters. The molecule has 0 unspecified atom stereocenters. The Morgan fingerprint density at radius 3 is 2.64 bits per heavy atom. The lowest BCUT2D eigenvalue weighted by atomic mass is 9.66. The van der Waals surface area contributed by atoms with E-state index in [2.05, 4.69) is 34.3 Å². The third-order valence-corrected chi connectivity index (χ3v) is 8.22. The molecule has 10 heteroatoms. The van der Waals surface area contributed by atoms with Crippen molar-refractivity contribution in [2.24, 2.45) is 5.41 Å². The highest BCUT2D eigenvalue weighted by atomic mass is 19.1. The Balaban J connectivity index is 1.39. The van der Waals surface area contributed by atoms with Gasteiger partial charge < -0.3 is 15.2 Å². The minimum Gasteiger partial charge on any atom is -0.383 e. The summed E-state index contributed by atoms with van der Waals surface area (Å²) in [4.78, 5) is 21.8. The first kappa shape index (κ1) is 23.1. The number of hydrogen-bond donors (Lipinski definition) is 2. The Morgan fingerprint density at radius 2 is 1.94 bits per heavy atom. The number of benzene rings is 1. The number of nitrogens with one attached hydrogen (secondary N) is 1. The number of ether oxygens (including phenoxy) is 1. The molecule has 186 valence electrons. The number of aromatic nitrogens is 4. The van der Waals surface area contributed by atoms with Gasteiger partial charge in [-0.25, -0.2) is 13.8 Å². The molecule has 1 aliphatic heterocycles. The molecule has 3 aromatic rings. The second kappa shape index (κ2) is 7.81. The standard InChI is InChI=1S/C26H25F2N5O3/c1-24(2)15-6-7-26(24,20-10-29-9-19(31-20)23(34)30-11-25(35)12-36-13-25)22-14(15)8-18(32-33-22)21-16(27)4-3-5-17(21)28/h3-5,8-10,15,35H,6-7,11-13H2,1-2H3,(H,30,34)/t15-,26-/m0/s1. The van der Waals surface area contributed by atoms with Gasteiger partial charge in [0.25, 0.3) is 5.91 Å². The fraction of sp³-hybridized carbons (Fsp3) is 0.423. The number of carbonyl (C=O) groups is 1. The Morgan fingerprint density at radius 1 is 1.19 bits per heavy atom. The van der Waals surface area contributed by atoms with Crippen LogP contribution >= 0.6 is 0 Å². The van der Waals surface area contributed by atoms with Gasteiger partial charge in [0, 0.05) is 6.20 Å². The molecule has 2 aliphatic carbocycles. The largest absolute Gasteiger partial charge is 0.383 e. The summed E-state index contributed by atoms with van der Waals surface area (Å²) in [6.07, 6.45) is 4.60. The van der Waals surface area contributed by atoms with Crippen LogP contribution in [0, 0.1) is 17.0 Å². The quantitative estimate of drug-likeness (QED) is 0.562. The molecule has 0 spiro atoms. The average Bonchev–Trinajstić information content (AvgIpc) is 3.22. The van der Waals surface area contributed by atoms with Crippen molar-refractivity contribution in [1.82, 2.24) is 25.5 Å². The van der Waals surface area contributed by atoms with Crippen LogP contribution in [0.25, 0.3) is 11.3 Å². The Bertz CT molecular complexity index is 1370. The summed E-state index contributed by atoms with van der Waals surface area (Å²) in [5.41, 5.74) is 0.228. The molecule has 1 amide bonds. The fourth-order valence-corrected chi connectivity index (χ4v) is 6.21. The summed E-state index contributed by atoms with van der Waals surface area (Å²) < 4.78 is 33.9. The molecule has 8 nitrogen and oxygen atoms in total. The van der Waals surface area contributed by atoms with Gasteiger partial charge in [0.1, 0.15) is 22.9 Å². The van der Waals surface area contributed by atoms with Crippen LogP contribution in [0.1, 0.15) is 60.0 Å². The highest BCUT2D eigenvalue weighted by molar-refractivity contribution is 5.92. The summed E-state index contributed by atoms with van der Waals surface area (Å²) in [7, 11) is 0. The predicted octanol–water partition coefficient (Wildman–Crippen LogP) is 2.91. The Kier molecular flexibility index (Phi) is 5.00. The topological polar surface area (TPSA) is 110 Å². The molecule has 6 rings (SSSR count). The zero-order valence-electron chi connectivity index (χ0n) is 19.9. The predicted molar refractivity (Wildman–Crippen MR) is 124 cm³/mol. The Labute approximate surface area is 206 Å². The van der Waals surface area contributed by atoms with Gasteiger partial charge in [0.15, 0.2) is 0 Å². The number of amides is 1. The number of halogens is 2. The first-order chi connectivity index (χ1) is 17.2. The minimum absolute atomic E-state index is 0.0557. The van der Waals surface area contributed by atoms with Gasteiger partial charge >= 0.3 is 0 Å². The summed E-state index contributed by atoms with van der Waals surface area (Å²) in [5.74, 6) is -1.75. The third kappa shape index (κ3) is 3.13. The number of carbonyl (C=O) groups excluding carboxylic acids is 1. The van der Waals surface area contributed by atoms with E-state index in [-0.39, 0.29) is 48.0 Å². The summed E-state index contributed by atoms with van der Waals surface area (Å²) >= 11 is 0. The maximum atomic E-state index is 14.5. The molecule has 1 saturated heterocycles. The fourth-order valence-electron chi connectivity index (χ4n) is 6.21. The highest BCUT2D eigenvalue weighted by Crippen LogP contribution is 2.69. The van der Waals surface area contributed by atoms with E-state index in [1.54, 1.807) is 12.3 Å². The van der Waals surface area contributed by atoms with Crippen LogP contribution < -0.4 is 5.32 Å². The van der Waals surface area contributed by atoms with Gasteiger partial charge in [-0.05, 0) is 47.9 Å². The molecule has 2 bridgehead atoms. The molecule has 1 saturated carbocycles. The van der Waals surface area contributed by atoms with Gasteiger partial charge in [-0.15, -0.1) is 5.10 Å². The van der Waals surface area contributed by atoms with Crippen molar-refractivity contribution in [2.45, 2.75) is 43.6 Å². The number of fused-ring (bicyclic) bond motifs is 5. The van der Waals surface area contributed by atoms with E-state index in [1.165, 1.54) is 24.4 Å². The van der Waals surface area contributed by atoms with E-state index in [0.717, 1.165) is 18.4 Å². The first-order valence-corrected chi connectivity index (χ1v) is 11.9. The van der Waals surface area contributed by atoms with E-state index in [4.69, 9.17) is 9.72 Å². The zero-order valence-corrected chi connectivity index (χ0v) is 19.9. The second-order valence-electron chi connectivity index (χ2n) is 10.5. The van der Waals surface area contributed by atoms with Crippen LogP contribution in [-0.4, -0.2) is 56.5 Å². The lowest BCUT2D eigenvalue weighted by molar-refractivity contribution is -0.173. The van der Waals surface area contributed by atoms with Crippen molar-refractivity contribution < 1.29 is 23.4 Å². The van der Waals surface area contributed by atoms with Crippen LogP contribution in [0.2, 0.25) is 0 Å². The van der Waals surface area contributed by atoms with Crippen LogP contribution in [0.3, 0.4) is 0 Å². The smallest absolute Gasteiger partial charge is 0.271 e. The van der Waals surface area contributed by atoms with Crippen molar-refractivity contribution >= 4 is 5.91 Å². The van der Waals surface area contributed by atoms with E-state index in [9.17, 15) is 18.7 Å².